The van der Waals surface area contributed by atoms with Gasteiger partial charge in [0.05, 0.1) is 11.8 Å². The van der Waals surface area contributed by atoms with Crippen LogP contribution in [0.2, 0.25) is 0 Å². The molecular weight excluding hydrogens is 258 g/mol. The summed E-state index contributed by atoms with van der Waals surface area (Å²) in [5.41, 5.74) is 1.27. The molecule has 2 aromatic rings. The summed E-state index contributed by atoms with van der Waals surface area (Å²) in [4.78, 5) is 10.7. The molecule has 1 aromatic heterocycles. The van der Waals surface area contributed by atoms with Gasteiger partial charge in [0.2, 0.25) is 0 Å². The number of carboxylic acids is 1. The molecule has 0 unspecified atom stereocenters. The van der Waals surface area contributed by atoms with Crippen molar-refractivity contribution in [2.75, 3.05) is 6.26 Å². The van der Waals surface area contributed by atoms with E-state index in [4.69, 9.17) is 9.66 Å². The molecule has 2 N–H and O–H groups in total. The van der Waals surface area contributed by atoms with Gasteiger partial charge in [-0.1, -0.05) is 6.07 Å². The van der Waals surface area contributed by atoms with Crippen molar-refractivity contribution < 1.29 is 22.9 Å². The molecule has 0 amide bonds. The molecule has 0 bridgehead atoms. The van der Waals surface area contributed by atoms with Gasteiger partial charge in [0.25, 0.3) is 10.1 Å². The van der Waals surface area contributed by atoms with E-state index in [0.29, 0.717) is 11.8 Å². The molecule has 98 valence electrons. The largest absolute Gasteiger partial charge is 0.478 e. The fourth-order valence-electron chi connectivity index (χ4n) is 1.40. The van der Waals surface area contributed by atoms with E-state index < -0.39 is 16.1 Å². The molecule has 0 fully saturated rings. The van der Waals surface area contributed by atoms with Crippen LogP contribution in [-0.4, -0.2) is 34.9 Å². The Kier molecular flexibility index (Phi) is 4.10. The Morgan fingerprint density at radius 1 is 1.28 bits per heavy atom. The van der Waals surface area contributed by atoms with Crippen LogP contribution in [0.1, 0.15) is 10.4 Å². The molecule has 0 saturated heterocycles. The van der Waals surface area contributed by atoms with Gasteiger partial charge < -0.3 is 9.67 Å². The molecule has 0 saturated carbocycles. The molecule has 1 heterocycles. The zero-order valence-corrected chi connectivity index (χ0v) is 10.7. The molecule has 0 spiro atoms. The summed E-state index contributed by atoms with van der Waals surface area (Å²) in [7, 11) is -1.77. The minimum Gasteiger partial charge on any atom is -0.478 e. The topological polar surface area (TPSA) is 96.6 Å². The van der Waals surface area contributed by atoms with Crippen molar-refractivity contribution in [3.05, 3.63) is 36.0 Å². The standard InChI is InChI=1S/C10H9NO2.CH4O3S/c1-11-5-4-7-2-3-8(10(12)13)6-9(7)11;1-5(2,3)4/h2-6H,1H3,(H,12,13);1H3,(H,2,3,4). The molecule has 7 heteroatoms. The number of aromatic carboxylic acids is 1. The number of rotatable bonds is 1. The van der Waals surface area contributed by atoms with Crippen LogP contribution in [0.3, 0.4) is 0 Å². The van der Waals surface area contributed by atoms with Crippen molar-refractivity contribution >= 4 is 27.0 Å². The lowest BCUT2D eigenvalue weighted by Gasteiger charge is -1.97. The van der Waals surface area contributed by atoms with Gasteiger partial charge in [0.1, 0.15) is 0 Å². The van der Waals surface area contributed by atoms with E-state index in [-0.39, 0.29) is 0 Å². The Hall–Kier alpha value is -1.86. The first-order valence-corrected chi connectivity index (χ1v) is 6.74. The summed E-state index contributed by atoms with van der Waals surface area (Å²) >= 11 is 0. The van der Waals surface area contributed by atoms with Crippen molar-refractivity contribution in [2.45, 2.75) is 0 Å². The highest BCUT2D eigenvalue weighted by molar-refractivity contribution is 7.85. The van der Waals surface area contributed by atoms with E-state index in [1.165, 1.54) is 0 Å². The molecule has 0 aliphatic heterocycles. The number of hydrogen-bond acceptors (Lipinski definition) is 3. The third-order valence-corrected chi connectivity index (χ3v) is 2.14. The van der Waals surface area contributed by atoms with Crippen molar-refractivity contribution in [3.63, 3.8) is 0 Å². The quantitative estimate of drug-likeness (QED) is 0.764. The number of aryl methyl sites for hydroxylation is 1. The fourth-order valence-corrected chi connectivity index (χ4v) is 1.40. The SMILES string of the molecule is CS(=O)(=O)O.Cn1ccc2ccc(C(=O)O)cc21. The molecule has 0 radical (unpaired) electrons. The Morgan fingerprint density at radius 2 is 1.83 bits per heavy atom. The molecule has 6 nitrogen and oxygen atoms in total. The maximum Gasteiger partial charge on any atom is 0.335 e. The average molecular weight is 271 g/mol. The van der Waals surface area contributed by atoms with Crippen LogP contribution < -0.4 is 0 Å². The number of carboxylic acid groups (broad SMARTS) is 1. The van der Waals surface area contributed by atoms with E-state index in [1.54, 1.807) is 12.1 Å². The molecule has 1 aromatic carbocycles. The first-order valence-electron chi connectivity index (χ1n) is 4.89. The van der Waals surface area contributed by atoms with E-state index in [1.807, 2.05) is 29.9 Å². The Balaban J connectivity index is 0.000000280. The second kappa shape index (κ2) is 5.19. The van der Waals surface area contributed by atoms with Gasteiger partial charge in [-0.05, 0) is 23.6 Å². The molecule has 0 aliphatic carbocycles. The summed E-state index contributed by atoms with van der Waals surface area (Å²) in [6.07, 6.45) is 2.63. The number of aromatic nitrogens is 1. The lowest BCUT2D eigenvalue weighted by atomic mass is 10.2. The number of hydrogen-bond donors (Lipinski definition) is 2. The van der Waals surface area contributed by atoms with Gasteiger partial charge in [-0.2, -0.15) is 8.42 Å². The van der Waals surface area contributed by atoms with Crippen LogP contribution in [0.5, 0.6) is 0 Å². The minimum atomic E-state index is -3.67. The number of benzene rings is 1. The van der Waals surface area contributed by atoms with E-state index >= 15 is 0 Å². The third kappa shape index (κ3) is 4.19. The Morgan fingerprint density at radius 3 is 2.33 bits per heavy atom. The fraction of sp³-hybridized carbons (Fsp3) is 0.182. The molecule has 0 atom stereocenters. The monoisotopic (exact) mass is 271 g/mol. The van der Waals surface area contributed by atoms with Crippen LogP contribution in [-0.2, 0) is 17.2 Å². The van der Waals surface area contributed by atoms with Crippen molar-refractivity contribution in [2.24, 2.45) is 7.05 Å². The second-order valence-corrected chi connectivity index (χ2v) is 5.20. The van der Waals surface area contributed by atoms with Crippen molar-refractivity contribution in [3.8, 4) is 0 Å². The number of nitrogens with zero attached hydrogens (tertiary/aromatic N) is 1. The second-order valence-electron chi connectivity index (χ2n) is 3.74. The predicted molar refractivity (Wildman–Crippen MR) is 67.4 cm³/mol. The molecule has 18 heavy (non-hydrogen) atoms. The lowest BCUT2D eigenvalue weighted by Crippen LogP contribution is -1.96. The van der Waals surface area contributed by atoms with Crippen LogP contribution in [0, 0.1) is 0 Å². The Labute approximate surface area is 104 Å². The minimum absolute atomic E-state index is 0.328. The zero-order valence-electron chi connectivity index (χ0n) is 9.86. The summed E-state index contributed by atoms with van der Waals surface area (Å²) < 4.78 is 27.8. The number of carbonyl (C=O) groups is 1. The highest BCUT2D eigenvalue weighted by Crippen LogP contribution is 2.16. The predicted octanol–water partition coefficient (Wildman–Crippen LogP) is 1.38. The van der Waals surface area contributed by atoms with Gasteiger partial charge in [0.15, 0.2) is 0 Å². The smallest absolute Gasteiger partial charge is 0.335 e. The van der Waals surface area contributed by atoms with E-state index in [2.05, 4.69) is 0 Å². The van der Waals surface area contributed by atoms with Crippen LogP contribution in [0.15, 0.2) is 30.5 Å². The molecular formula is C11H13NO5S. The van der Waals surface area contributed by atoms with Crippen LogP contribution in [0.4, 0.5) is 0 Å². The molecule has 0 aliphatic rings. The van der Waals surface area contributed by atoms with Gasteiger partial charge in [-0.15, -0.1) is 0 Å². The summed E-state index contributed by atoms with van der Waals surface area (Å²) in [5.74, 6) is -0.886. The lowest BCUT2D eigenvalue weighted by molar-refractivity contribution is 0.0697. The normalized spacial score (nSPS) is 10.8. The van der Waals surface area contributed by atoms with Crippen LogP contribution in [0.25, 0.3) is 10.9 Å². The van der Waals surface area contributed by atoms with Crippen molar-refractivity contribution in [1.82, 2.24) is 4.57 Å². The van der Waals surface area contributed by atoms with Crippen molar-refractivity contribution in [1.29, 1.82) is 0 Å². The maximum atomic E-state index is 10.7. The Bertz CT molecular complexity index is 664. The van der Waals surface area contributed by atoms with E-state index in [9.17, 15) is 13.2 Å². The maximum absolute atomic E-state index is 10.7. The summed E-state index contributed by atoms with van der Waals surface area (Å²) in [5, 5.41) is 9.83. The highest BCUT2D eigenvalue weighted by Gasteiger charge is 2.04. The van der Waals surface area contributed by atoms with Gasteiger partial charge in [0, 0.05) is 18.8 Å². The highest BCUT2D eigenvalue weighted by atomic mass is 32.2. The first-order chi connectivity index (χ1) is 8.18. The van der Waals surface area contributed by atoms with Gasteiger partial charge in [-0.3, -0.25) is 4.55 Å². The number of fused-ring (bicyclic) bond motifs is 1. The zero-order chi connectivity index (χ0) is 13.9. The molecule has 2 rings (SSSR count). The first kappa shape index (κ1) is 14.2. The van der Waals surface area contributed by atoms with Gasteiger partial charge in [-0.25, -0.2) is 4.79 Å². The van der Waals surface area contributed by atoms with Gasteiger partial charge >= 0.3 is 5.97 Å². The van der Waals surface area contributed by atoms with E-state index in [0.717, 1.165) is 10.9 Å². The summed E-state index contributed by atoms with van der Waals surface area (Å²) in [6.45, 7) is 0. The van der Waals surface area contributed by atoms with Crippen LogP contribution >= 0.6 is 0 Å². The average Bonchev–Trinajstić information content (AvgIpc) is 2.57. The third-order valence-electron chi connectivity index (χ3n) is 2.14. The summed E-state index contributed by atoms with van der Waals surface area (Å²) in [6, 6.07) is 7.07.